The molecule has 3 heterocycles. The minimum absolute atomic E-state index is 0.198. The third-order valence-corrected chi connectivity index (χ3v) is 7.40. The average molecular weight is 497 g/mol. The van der Waals surface area contributed by atoms with Crippen molar-refractivity contribution in [2.24, 2.45) is 0 Å². The molecule has 2 aliphatic rings. The molecule has 0 radical (unpaired) electrons. The molecule has 188 valence electrons. The van der Waals surface area contributed by atoms with Crippen molar-refractivity contribution in [1.82, 2.24) is 19.8 Å². The predicted octanol–water partition coefficient (Wildman–Crippen LogP) is 5.31. The lowest BCUT2D eigenvalue weighted by atomic mass is 9.92. The number of ketones is 1. The SMILES string of the molecule is COc1ccc(-n2cnc3c2C(=O)C(c2ccc(-c4ccccc4CN4CCCC4)cc2F)NC3)cc1. The van der Waals surface area contributed by atoms with E-state index < -0.39 is 11.9 Å². The summed E-state index contributed by atoms with van der Waals surface area (Å²) in [6.45, 7) is 3.45. The third kappa shape index (κ3) is 4.45. The van der Waals surface area contributed by atoms with Crippen LogP contribution in [0.2, 0.25) is 0 Å². The maximum Gasteiger partial charge on any atom is 0.203 e. The van der Waals surface area contributed by atoms with E-state index in [4.69, 9.17) is 4.74 Å². The smallest absolute Gasteiger partial charge is 0.203 e. The van der Waals surface area contributed by atoms with Gasteiger partial charge in [0.1, 0.15) is 29.6 Å². The minimum Gasteiger partial charge on any atom is -0.497 e. The number of halogens is 1. The quantitative estimate of drug-likeness (QED) is 0.392. The largest absolute Gasteiger partial charge is 0.497 e. The molecule has 1 N–H and O–H groups in total. The molecule has 7 heteroatoms. The molecule has 37 heavy (non-hydrogen) atoms. The molecular formula is C30H29FN4O2. The number of hydrogen-bond acceptors (Lipinski definition) is 5. The van der Waals surface area contributed by atoms with Crippen molar-refractivity contribution in [3.8, 4) is 22.6 Å². The summed E-state index contributed by atoms with van der Waals surface area (Å²) < 4.78 is 22.6. The molecule has 1 unspecified atom stereocenters. The number of methoxy groups -OCH3 is 1. The van der Waals surface area contributed by atoms with Crippen LogP contribution in [-0.2, 0) is 13.1 Å². The molecule has 1 saturated heterocycles. The van der Waals surface area contributed by atoms with Gasteiger partial charge in [0.05, 0.1) is 12.8 Å². The van der Waals surface area contributed by atoms with Crippen LogP contribution in [0.3, 0.4) is 0 Å². The van der Waals surface area contributed by atoms with Crippen LogP contribution in [0.5, 0.6) is 5.75 Å². The Labute approximate surface area is 215 Å². The van der Waals surface area contributed by atoms with E-state index in [1.165, 1.54) is 18.4 Å². The van der Waals surface area contributed by atoms with Crippen molar-refractivity contribution < 1.29 is 13.9 Å². The molecular weight excluding hydrogens is 467 g/mol. The molecule has 4 aromatic rings. The lowest BCUT2D eigenvalue weighted by Gasteiger charge is -2.24. The summed E-state index contributed by atoms with van der Waals surface area (Å²) in [5, 5.41) is 3.19. The van der Waals surface area contributed by atoms with Crippen LogP contribution < -0.4 is 10.1 Å². The number of carbonyl (C=O) groups is 1. The number of nitrogens with zero attached hydrogens (tertiary/aromatic N) is 3. The van der Waals surface area contributed by atoms with Gasteiger partial charge in [-0.3, -0.25) is 19.6 Å². The second-order valence-corrected chi connectivity index (χ2v) is 9.66. The molecule has 6 nitrogen and oxygen atoms in total. The van der Waals surface area contributed by atoms with Crippen LogP contribution in [0, 0.1) is 5.82 Å². The molecule has 1 atom stereocenters. The Kier molecular flexibility index (Phi) is 6.32. The van der Waals surface area contributed by atoms with Crippen molar-refractivity contribution in [3.63, 3.8) is 0 Å². The van der Waals surface area contributed by atoms with Crippen LogP contribution in [0.1, 0.15) is 46.2 Å². The zero-order valence-corrected chi connectivity index (χ0v) is 20.8. The Balaban J connectivity index is 1.29. The Bertz CT molecular complexity index is 1440. The van der Waals surface area contributed by atoms with Gasteiger partial charge >= 0.3 is 0 Å². The van der Waals surface area contributed by atoms with Gasteiger partial charge < -0.3 is 4.74 Å². The number of imidazole rings is 1. The topological polar surface area (TPSA) is 59.4 Å². The summed E-state index contributed by atoms with van der Waals surface area (Å²) >= 11 is 0. The number of ether oxygens (including phenoxy) is 1. The lowest BCUT2D eigenvalue weighted by molar-refractivity contribution is 0.0920. The van der Waals surface area contributed by atoms with Gasteiger partial charge in [0.15, 0.2) is 0 Å². The van der Waals surface area contributed by atoms with E-state index in [1.807, 2.05) is 48.5 Å². The van der Waals surface area contributed by atoms with Crippen LogP contribution >= 0.6 is 0 Å². The molecule has 0 aliphatic carbocycles. The first-order valence-electron chi connectivity index (χ1n) is 12.7. The molecule has 0 spiro atoms. The van der Waals surface area contributed by atoms with Crippen LogP contribution in [0.15, 0.2) is 73.1 Å². The summed E-state index contributed by atoms with van der Waals surface area (Å²) in [6.07, 6.45) is 4.10. The van der Waals surface area contributed by atoms with E-state index in [9.17, 15) is 4.79 Å². The van der Waals surface area contributed by atoms with Crippen molar-refractivity contribution >= 4 is 5.78 Å². The highest BCUT2D eigenvalue weighted by atomic mass is 19.1. The van der Waals surface area contributed by atoms with E-state index in [0.29, 0.717) is 23.5 Å². The predicted molar refractivity (Wildman–Crippen MR) is 140 cm³/mol. The molecule has 1 fully saturated rings. The van der Waals surface area contributed by atoms with E-state index in [2.05, 4.69) is 21.3 Å². The molecule has 1 aromatic heterocycles. The summed E-state index contributed by atoms with van der Waals surface area (Å²) in [6, 6.07) is 20.1. The van der Waals surface area contributed by atoms with Crippen molar-refractivity contribution in [2.75, 3.05) is 20.2 Å². The second-order valence-electron chi connectivity index (χ2n) is 9.66. The first kappa shape index (κ1) is 23.6. The number of nitrogens with one attached hydrogen (secondary N) is 1. The lowest BCUT2D eigenvalue weighted by Crippen LogP contribution is -2.36. The number of aromatic nitrogens is 2. The minimum atomic E-state index is -0.782. The third-order valence-electron chi connectivity index (χ3n) is 7.40. The highest BCUT2D eigenvalue weighted by molar-refractivity contribution is 6.01. The normalized spacial score (nSPS) is 17.7. The molecule has 0 saturated carbocycles. The Morgan fingerprint density at radius 3 is 2.59 bits per heavy atom. The van der Waals surface area contributed by atoms with E-state index in [-0.39, 0.29) is 5.78 Å². The Morgan fingerprint density at radius 1 is 1.05 bits per heavy atom. The molecule has 6 rings (SSSR count). The molecule has 0 amide bonds. The average Bonchev–Trinajstić information content (AvgIpc) is 3.60. The zero-order chi connectivity index (χ0) is 25.4. The number of likely N-dealkylation sites (tertiary alicyclic amines) is 1. The highest BCUT2D eigenvalue weighted by Gasteiger charge is 2.34. The first-order chi connectivity index (χ1) is 18.1. The Morgan fingerprint density at radius 2 is 1.84 bits per heavy atom. The maximum atomic E-state index is 15.6. The molecule has 2 aliphatic heterocycles. The number of fused-ring (bicyclic) bond motifs is 1. The van der Waals surface area contributed by atoms with Crippen molar-refractivity contribution in [2.45, 2.75) is 32.0 Å². The summed E-state index contributed by atoms with van der Waals surface area (Å²) in [4.78, 5) is 20.5. The van der Waals surface area contributed by atoms with E-state index in [1.54, 1.807) is 30.1 Å². The fourth-order valence-electron chi connectivity index (χ4n) is 5.44. The maximum absolute atomic E-state index is 15.6. The van der Waals surface area contributed by atoms with Gasteiger partial charge in [0, 0.05) is 24.3 Å². The monoisotopic (exact) mass is 496 g/mol. The number of carbonyl (C=O) groups excluding carboxylic acids is 1. The highest BCUT2D eigenvalue weighted by Crippen LogP contribution is 2.33. The second kappa shape index (κ2) is 9.92. The number of rotatable bonds is 6. The number of hydrogen-bond donors (Lipinski definition) is 1. The number of Topliss-reactive ketones (excluding diaryl/α,β-unsaturated/α-hetero) is 1. The number of benzene rings is 3. The Hall–Kier alpha value is -3.81. The fourth-order valence-corrected chi connectivity index (χ4v) is 5.44. The van der Waals surface area contributed by atoms with Crippen LogP contribution in [-0.4, -0.2) is 40.4 Å². The van der Waals surface area contributed by atoms with Gasteiger partial charge in [-0.25, -0.2) is 9.37 Å². The first-order valence-corrected chi connectivity index (χ1v) is 12.7. The van der Waals surface area contributed by atoms with Gasteiger partial charge in [0.25, 0.3) is 0 Å². The van der Waals surface area contributed by atoms with Crippen molar-refractivity contribution in [1.29, 1.82) is 0 Å². The van der Waals surface area contributed by atoms with Crippen LogP contribution in [0.4, 0.5) is 4.39 Å². The van der Waals surface area contributed by atoms with Crippen molar-refractivity contribution in [3.05, 3.63) is 101 Å². The van der Waals surface area contributed by atoms with Gasteiger partial charge in [-0.2, -0.15) is 0 Å². The van der Waals surface area contributed by atoms with E-state index >= 15 is 4.39 Å². The summed E-state index contributed by atoms with van der Waals surface area (Å²) in [5.41, 5.74) is 5.33. The van der Waals surface area contributed by atoms with Gasteiger partial charge in [-0.05, 0) is 73.0 Å². The summed E-state index contributed by atoms with van der Waals surface area (Å²) in [7, 11) is 1.61. The molecule has 3 aromatic carbocycles. The van der Waals surface area contributed by atoms with Gasteiger partial charge in [0.2, 0.25) is 5.78 Å². The fraction of sp³-hybridized carbons (Fsp3) is 0.267. The molecule has 0 bridgehead atoms. The van der Waals surface area contributed by atoms with E-state index in [0.717, 1.165) is 42.2 Å². The van der Waals surface area contributed by atoms with Gasteiger partial charge in [-0.1, -0.05) is 36.4 Å². The van der Waals surface area contributed by atoms with Gasteiger partial charge in [-0.15, -0.1) is 0 Å². The van der Waals surface area contributed by atoms with Crippen LogP contribution in [0.25, 0.3) is 16.8 Å². The zero-order valence-electron chi connectivity index (χ0n) is 20.8. The standard InChI is InChI=1S/C30H29FN4O2/c1-37-23-11-9-22(10-12-23)35-19-33-27-17-32-28(30(36)29(27)35)25-13-8-20(16-26(25)31)24-7-3-2-6-21(24)18-34-14-4-5-15-34/h2-3,6-13,16,19,28,32H,4-5,14-15,17-18H2,1H3. The summed E-state index contributed by atoms with van der Waals surface area (Å²) in [5.74, 6) is 0.140.